The highest BCUT2D eigenvalue weighted by Crippen LogP contribution is 2.53. The third-order valence-corrected chi connectivity index (χ3v) is 10.0. The van der Waals surface area contributed by atoms with Gasteiger partial charge in [-0.15, -0.1) is 0 Å². The molecule has 7 aromatic carbocycles. The first kappa shape index (κ1) is 26.0. The quantitative estimate of drug-likeness (QED) is 0.221. The van der Waals surface area contributed by atoms with Crippen LogP contribution in [-0.4, -0.2) is 0 Å². The van der Waals surface area contributed by atoms with Gasteiger partial charge in [-0.05, 0) is 107 Å². The lowest BCUT2D eigenvalue weighted by Crippen LogP contribution is -2.23. The highest BCUT2D eigenvalue weighted by Gasteiger charge is 2.39. The minimum atomic E-state index is -0.0821. The Kier molecular flexibility index (Phi) is 5.67. The molecule has 9 rings (SSSR count). The maximum Gasteiger partial charge on any atom is 0.0719 e. The average molecular weight is 576 g/mol. The minimum absolute atomic E-state index is 0.0280. The molecule has 1 nitrogen and oxygen atoms in total. The Labute approximate surface area is 264 Å². The Bertz CT molecular complexity index is 2390. The van der Waals surface area contributed by atoms with Gasteiger partial charge < -0.3 is 5.32 Å². The van der Waals surface area contributed by atoms with E-state index in [1.807, 2.05) is 0 Å². The average Bonchev–Trinajstić information content (AvgIpc) is 3.32. The van der Waals surface area contributed by atoms with Crippen molar-refractivity contribution in [1.29, 1.82) is 0 Å². The lowest BCUT2D eigenvalue weighted by molar-refractivity contribution is 0.660. The predicted octanol–water partition coefficient (Wildman–Crippen LogP) is 11.2. The molecule has 0 fully saturated rings. The van der Waals surface area contributed by atoms with Crippen LogP contribution in [0.4, 0.5) is 0 Å². The predicted molar refractivity (Wildman–Crippen MR) is 191 cm³/mol. The third-order valence-electron chi connectivity index (χ3n) is 10.0. The molecule has 0 spiro atoms. The molecule has 45 heavy (non-hydrogen) atoms. The summed E-state index contributed by atoms with van der Waals surface area (Å²) in [6, 6.07) is 51.3. The number of hydrogen-bond donors (Lipinski definition) is 1. The molecule has 0 radical (unpaired) electrons. The second-order valence-electron chi connectivity index (χ2n) is 13.0. The summed E-state index contributed by atoms with van der Waals surface area (Å²) in [5, 5.41) is 11.7. The van der Waals surface area contributed by atoms with Gasteiger partial charge in [0.25, 0.3) is 0 Å². The van der Waals surface area contributed by atoms with Crippen molar-refractivity contribution in [3.63, 3.8) is 0 Å². The Morgan fingerprint density at radius 2 is 1.13 bits per heavy atom. The Morgan fingerprint density at radius 3 is 1.89 bits per heavy atom. The maximum atomic E-state index is 4.05. The first-order valence-electron chi connectivity index (χ1n) is 15.9. The number of nitrogens with one attached hydrogen (secondary N) is 1. The van der Waals surface area contributed by atoms with Gasteiger partial charge in [0.1, 0.15) is 0 Å². The molecule has 214 valence electrons. The second kappa shape index (κ2) is 9.81. The van der Waals surface area contributed by atoms with Crippen LogP contribution in [0, 0.1) is 0 Å². The topological polar surface area (TPSA) is 12.0 Å². The van der Waals surface area contributed by atoms with Crippen molar-refractivity contribution in [2.24, 2.45) is 0 Å². The van der Waals surface area contributed by atoms with E-state index in [9.17, 15) is 0 Å². The SMILES string of the molecule is CC1(C)c2ccccc2-c2c1cc1ccccc1c2[C@H]1C=C(c2ccc3ccccc3c2)C=C(c2ccc3ccccc3c2)N1. The van der Waals surface area contributed by atoms with Gasteiger partial charge in [0.05, 0.1) is 6.04 Å². The zero-order valence-electron chi connectivity index (χ0n) is 25.5. The molecule has 0 aromatic heterocycles. The molecule has 0 saturated heterocycles. The van der Waals surface area contributed by atoms with Gasteiger partial charge in [0, 0.05) is 11.1 Å². The summed E-state index contributed by atoms with van der Waals surface area (Å²) < 4.78 is 0. The van der Waals surface area contributed by atoms with Crippen LogP contribution in [0.3, 0.4) is 0 Å². The van der Waals surface area contributed by atoms with Crippen LogP contribution < -0.4 is 5.32 Å². The molecule has 1 heterocycles. The highest BCUT2D eigenvalue weighted by atomic mass is 14.9. The summed E-state index contributed by atoms with van der Waals surface area (Å²) in [6.45, 7) is 4.75. The third kappa shape index (κ3) is 4.08. The van der Waals surface area contributed by atoms with Crippen molar-refractivity contribution in [3.05, 3.63) is 179 Å². The largest absolute Gasteiger partial charge is 0.374 e. The molecule has 2 aliphatic rings. The van der Waals surface area contributed by atoms with E-state index in [0.717, 1.165) is 5.70 Å². The Hall–Kier alpha value is -5.40. The van der Waals surface area contributed by atoms with E-state index in [4.69, 9.17) is 0 Å². The van der Waals surface area contributed by atoms with Crippen LogP contribution in [0.15, 0.2) is 152 Å². The second-order valence-corrected chi connectivity index (χ2v) is 13.0. The van der Waals surface area contributed by atoms with Crippen LogP contribution in [0.2, 0.25) is 0 Å². The highest BCUT2D eigenvalue weighted by molar-refractivity contribution is 6.00. The molecule has 7 aromatic rings. The molecule has 0 unspecified atom stereocenters. The van der Waals surface area contributed by atoms with Gasteiger partial charge in [-0.3, -0.25) is 0 Å². The molecule has 1 aliphatic heterocycles. The zero-order valence-corrected chi connectivity index (χ0v) is 25.5. The number of benzene rings is 7. The minimum Gasteiger partial charge on any atom is -0.374 e. The van der Waals surface area contributed by atoms with Crippen LogP contribution in [-0.2, 0) is 5.41 Å². The van der Waals surface area contributed by atoms with E-state index >= 15 is 0 Å². The summed E-state index contributed by atoms with van der Waals surface area (Å²) in [4.78, 5) is 0. The van der Waals surface area contributed by atoms with Gasteiger partial charge in [-0.2, -0.15) is 0 Å². The molecular formula is C44H33N. The van der Waals surface area contributed by atoms with Crippen LogP contribution in [0.1, 0.15) is 47.7 Å². The number of fused-ring (bicyclic) bond motifs is 6. The summed E-state index contributed by atoms with van der Waals surface area (Å²) in [6.07, 6.45) is 4.79. The molecule has 1 atom stereocenters. The maximum absolute atomic E-state index is 4.05. The summed E-state index contributed by atoms with van der Waals surface area (Å²) in [5.41, 5.74) is 11.6. The number of rotatable bonds is 3. The van der Waals surface area contributed by atoms with E-state index < -0.39 is 0 Å². The number of hydrogen-bond acceptors (Lipinski definition) is 1. The fourth-order valence-corrected chi connectivity index (χ4v) is 7.73. The van der Waals surface area contributed by atoms with E-state index in [1.165, 1.54) is 76.8 Å². The number of allylic oxidation sites excluding steroid dienone is 2. The molecule has 1 aliphatic carbocycles. The summed E-state index contributed by atoms with van der Waals surface area (Å²) >= 11 is 0. The van der Waals surface area contributed by atoms with Crippen LogP contribution in [0.5, 0.6) is 0 Å². The van der Waals surface area contributed by atoms with E-state index in [-0.39, 0.29) is 11.5 Å². The molecule has 0 bridgehead atoms. The Balaban J connectivity index is 1.31. The zero-order chi connectivity index (χ0) is 30.1. The van der Waals surface area contributed by atoms with Gasteiger partial charge in [-0.1, -0.05) is 135 Å². The lowest BCUT2D eigenvalue weighted by Gasteiger charge is -2.29. The lowest BCUT2D eigenvalue weighted by atomic mass is 9.80. The molecule has 1 N–H and O–H groups in total. The first-order valence-corrected chi connectivity index (χ1v) is 15.9. The van der Waals surface area contributed by atoms with Gasteiger partial charge in [0.15, 0.2) is 0 Å². The van der Waals surface area contributed by atoms with E-state index in [1.54, 1.807) is 0 Å². The van der Waals surface area contributed by atoms with Crippen LogP contribution in [0.25, 0.3) is 54.7 Å². The first-order chi connectivity index (χ1) is 22.0. The van der Waals surface area contributed by atoms with Gasteiger partial charge in [-0.25, -0.2) is 0 Å². The fourth-order valence-electron chi connectivity index (χ4n) is 7.73. The van der Waals surface area contributed by atoms with Crippen molar-refractivity contribution < 1.29 is 0 Å². The van der Waals surface area contributed by atoms with Gasteiger partial charge >= 0.3 is 0 Å². The van der Waals surface area contributed by atoms with E-state index in [2.05, 4.69) is 171 Å². The molecule has 0 saturated carbocycles. The summed E-state index contributed by atoms with van der Waals surface area (Å²) in [5.74, 6) is 0. The van der Waals surface area contributed by atoms with Crippen molar-refractivity contribution in [2.75, 3.05) is 0 Å². The van der Waals surface area contributed by atoms with Crippen molar-refractivity contribution >= 4 is 43.6 Å². The normalized spacial score (nSPS) is 16.6. The smallest absolute Gasteiger partial charge is 0.0719 e. The molecule has 0 amide bonds. The van der Waals surface area contributed by atoms with Gasteiger partial charge in [0.2, 0.25) is 0 Å². The van der Waals surface area contributed by atoms with Crippen molar-refractivity contribution in [1.82, 2.24) is 5.32 Å². The number of dihydropyridines is 1. The van der Waals surface area contributed by atoms with Crippen molar-refractivity contribution in [2.45, 2.75) is 25.3 Å². The Morgan fingerprint density at radius 1 is 0.533 bits per heavy atom. The molecule has 1 heteroatoms. The van der Waals surface area contributed by atoms with Crippen LogP contribution >= 0.6 is 0 Å². The standard InChI is InChI=1S/C44H33N/c1-44(2)38-18-10-9-17-37(38)42-39(44)25-33-15-7-8-16-36(33)43(42)41-27-35(32-21-19-28-11-3-5-13-30(28)23-32)26-40(45-41)34-22-20-29-12-4-6-14-31(29)24-34/h3-27,41,45H,1-2H3/t41-/m1/s1. The van der Waals surface area contributed by atoms with E-state index in [0.29, 0.717) is 0 Å². The monoisotopic (exact) mass is 575 g/mol. The molecular weight excluding hydrogens is 542 g/mol. The van der Waals surface area contributed by atoms with Crippen molar-refractivity contribution in [3.8, 4) is 11.1 Å². The fraction of sp³-hybridized carbons (Fsp3) is 0.0909. The summed E-state index contributed by atoms with van der Waals surface area (Å²) in [7, 11) is 0.